The number of aliphatic hydroxyl groups is 1. The average molecular weight is 332 g/mol. The molecule has 1 unspecified atom stereocenters. The third-order valence-electron chi connectivity index (χ3n) is 4.71. The molecule has 1 aromatic heterocycles. The first-order valence-electron chi connectivity index (χ1n) is 7.73. The van der Waals surface area contributed by atoms with E-state index in [1.807, 2.05) is 25.1 Å². The number of likely N-dealkylation sites (tertiary alicyclic amines) is 1. The Balaban J connectivity index is 1.95. The van der Waals surface area contributed by atoms with E-state index in [1.165, 1.54) is 10.4 Å². The van der Waals surface area contributed by atoms with E-state index in [1.54, 1.807) is 6.92 Å². The summed E-state index contributed by atoms with van der Waals surface area (Å²) in [6, 6.07) is 4.69. The van der Waals surface area contributed by atoms with E-state index in [0.29, 0.717) is 18.8 Å². The zero-order chi connectivity index (χ0) is 17.5. The van der Waals surface area contributed by atoms with Crippen molar-refractivity contribution in [1.29, 1.82) is 0 Å². The smallest absolute Gasteiger partial charge is 0.268 e. The van der Waals surface area contributed by atoms with Crippen molar-refractivity contribution >= 4 is 22.8 Å². The number of carbonyl (C=O) groups is 2. The van der Waals surface area contributed by atoms with Crippen LogP contribution in [-0.4, -0.2) is 56.2 Å². The zero-order valence-electron chi connectivity index (χ0n) is 13.5. The summed E-state index contributed by atoms with van der Waals surface area (Å²) in [5, 5.41) is 18.2. The number of fused-ring (bicyclic) bond motifs is 1. The quantitative estimate of drug-likeness (QED) is 0.472. The SMILES string of the molecule is Cc1ccc2nc(C3(C)CCN([C@H](CO)C(=O)NO)C3=O)[nH]c2c1. The highest BCUT2D eigenvalue weighted by Crippen LogP contribution is 2.35. The molecule has 8 nitrogen and oxygen atoms in total. The van der Waals surface area contributed by atoms with Gasteiger partial charge in [-0.3, -0.25) is 14.8 Å². The number of amides is 2. The highest BCUT2D eigenvalue weighted by Gasteiger charge is 2.49. The third kappa shape index (κ3) is 2.44. The summed E-state index contributed by atoms with van der Waals surface area (Å²) < 4.78 is 0. The Morgan fingerprint density at radius 3 is 2.96 bits per heavy atom. The van der Waals surface area contributed by atoms with E-state index in [0.717, 1.165) is 16.6 Å². The van der Waals surface area contributed by atoms with E-state index < -0.39 is 24.0 Å². The van der Waals surface area contributed by atoms with E-state index in [9.17, 15) is 14.7 Å². The maximum atomic E-state index is 12.9. The van der Waals surface area contributed by atoms with E-state index in [2.05, 4.69) is 9.97 Å². The predicted octanol–water partition coefficient (Wildman–Crippen LogP) is 0.228. The highest BCUT2D eigenvalue weighted by molar-refractivity contribution is 5.94. The molecule has 1 aromatic carbocycles. The summed E-state index contributed by atoms with van der Waals surface area (Å²) in [7, 11) is 0. The van der Waals surface area contributed by atoms with Gasteiger partial charge in [0.15, 0.2) is 0 Å². The van der Waals surface area contributed by atoms with Gasteiger partial charge < -0.3 is 15.0 Å². The number of hydroxylamine groups is 1. The summed E-state index contributed by atoms with van der Waals surface area (Å²) in [6.07, 6.45) is 0.458. The summed E-state index contributed by atoms with van der Waals surface area (Å²) in [5.41, 5.74) is 3.29. The number of aromatic amines is 1. The number of rotatable bonds is 4. The van der Waals surface area contributed by atoms with Crippen LogP contribution in [0.4, 0.5) is 0 Å². The van der Waals surface area contributed by atoms with Crippen LogP contribution in [0.1, 0.15) is 24.7 Å². The molecule has 1 aliphatic rings. The van der Waals surface area contributed by atoms with Gasteiger partial charge in [-0.1, -0.05) is 6.07 Å². The average Bonchev–Trinajstić information content (AvgIpc) is 3.12. The van der Waals surface area contributed by atoms with Crippen molar-refractivity contribution in [2.75, 3.05) is 13.2 Å². The minimum atomic E-state index is -1.11. The normalized spacial score (nSPS) is 22.2. The molecular weight excluding hydrogens is 312 g/mol. The predicted molar refractivity (Wildman–Crippen MR) is 85.3 cm³/mol. The maximum absolute atomic E-state index is 12.9. The van der Waals surface area contributed by atoms with Gasteiger partial charge in [-0.05, 0) is 38.0 Å². The van der Waals surface area contributed by atoms with Crippen molar-refractivity contribution in [2.45, 2.75) is 31.7 Å². The first kappa shape index (κ1) is 16.4. The van der Waals surface area contributed by atoms with Crippen LogP contribution < -0.4 is 5.48 Å². The molecule has 0 aliphatic carbocycles. The first-order valence-corrected chi connectivity index (χ1v) is 7.73. The Bertz CT molecular complexity index is 802. The van der Waals surface area contributed by atoms with Gasteiger partial charge in [0.2, 0.25) is 5.91 Å². The molecule has 2 atom stereocenters. The number of aliphatic hydroxyl groups excluding tert-OH is 1. The molecule has 1 saturated heterocycles. The fraction of sp³-hybridized carbons (Fsp3) is 0.438. The zero-order valence-corrected chi connectivity index (χ0v) is 13.5. The molecule has 2 heterocycles. The molecule has 128 valence electrons. The second kappa shape index (κ2) is 5.88. The molecule has 1 fully saturated rings. The molecule has 0 bridgehead atoms. The van der Waals surface area contributed by atoms with Crippen molar-refractivity contribution in [3.63, 3.8) is 0 Å². The van der Waals surface area contributed by atoms with Crippen LogP contribution in [0.25, 0.3) is 11.0 Å². The molecule has 2 aromatic rings. The molecule has 0 radical (unpaired) electrons. The van der Waals surface area contributed by atoms with Crippen molar-refractivity contribution < 1.29 is 19.9 Å². The van der Waals surface area contributed by atoms with Gasteiger partial charge in [-0.15, -0.1) is 0 Å². The fourth-order valence-electron chi connectivity index (χ4n) is 3.17. The van der Waals surface area contributed by atoms with E-state index >= 15 is 0 Å². The Morgan fingerprint density at radius 1 is 1.54 bits per heavy atom. The number of imidazole rings is 1. The van der Waals surface area contributed by atoms with Gasteiger partial charge in [0.05, 0.1) is 17.6 Å². The Labute approximate surface area is 138 Å². The lowest BCUT2D eigenvalue weighted by Crippen LogP contribution is -2.51. The summed E-state index contributed by atoms with van der Waals surface area (Å²) >= 11 is 0. The number of nitrogens with zero attached hydrogens (tertiary/aromatic N) is 2. The van der Waals surface area contributed by atoms with Crippen molar-refractivity contribution in [3.8, 4) is 0 Å². The Hall–Kier alpha value is -2.45. The van der Waals surface area contributed by atoms with Crippen LogP contribution in [0.5, 0.6) is 0 Å². The maximum Gasteiger partial charge on any atom is 0.268 e. The number of hydrogen-bond acceptors (Lipinski definition) is 5. The molecular formula is C16H20N4O4. The van der Waals surface area contributed by atoms with E-state index in [-0.39, 0.29) is 5.91 Å². The molecule has 0 saturated carbocycles. The lowest BCUT2D eigenvalue weighted by atomic mass is 9.88. The van der Waals surface area contributed by atoms with Crippen LogP contribution in [-0.2, 0) is 15.0 Å². The molecule has 1 aliphatic heterocycles. The number of benzene rings is 1. The number of aromatic nitrogens is 2. The highest BCUT2D eigenvalue weighted by atomic mass is 16.5. The van der Waals surface area contributed by atoms with Crippen LogP contribution >= 0.6 is 0 Å². The Kier molecular flexibility index (Phi) is 4.02. The minimum absolute atomic E-state index is 0.296. The van der Waals surface area contributed by atoms with Crippen molar-refractivity contribution in [2.24, 2.45) is 0 Å². The summed E-state index contributed by atoms with van der Waals surface area (Å²) in [4.78, 5) is 33.6. The lowest BCUT2D eigenvalue weighted by molar-refractivity contribution is -0.145. The molecule has 0 spiro atoms. The monoisotopic (exact) mass is 332 g/mol. The van der Waals surface area contributed by atoms with Gasteiger partial charge in [-0.2, -0.15) is 0 Å². The number of carbonyl (C=O) groups excluding carboxylic acids is 2. The molecule has 2 amide bonds. The molecule has 4 N–H and O–H groups in total. The van der Waals surface area contributed by atoms with Crippen LogP contribution in [0.15, 0.2) is 18.2 Å². The second-order valence-corrected chi connectivity index (χ2v) is 6.36. The number of hydrogen-bond donors (Lipinski definition) is 4. The number of H-pyrrole nitrogens is 1. The van der Waals surface area contributed by atoms with Crippen LogP contribution in [0, 0.1) is 6.92 Å². The van der Waals surface area contributed by atoms with Crippen molar-refractivity contribution in [3.05, 3.63) is 29.6 Å². The van der Waals surface area contributed by atoms with E-state index in [4.69, 9.17) is 5.21 Å². The van der Waals surface area contributed by atoms with Gasteiger partial charge in [-0.25, -0.2) is 10.5 Å². The first-order chi connectivity index (χ1) is 11.4. The molecule has 8 heteroatoms. The topological polar surface area (TPSA) is 119 Å². The van der Waals surface area contributed by atoms with Crippen LogP contribution in [0.3, 0.4) is 0 Å². The number of nitrogens with one attached hydrogen (secondary N) is 2. The van der Waals surface area contributed by atoms with Gasteiger partial charge in [0, 0.05) is 6.54 Å². The third-order valence-corrected chi connectivity index (χ3v) is 4.71. The Morgan fingerprint density at radius 2 is 2.29 bits per heavy atom. The summed E-state index contributed by atoms with van der Waals surface area (Å²) in [5.74, 6) is -0.576. The largest absolute Gasteiger partial charge is 0.394 e. The van der Waals surface area contributed by atoms with Crippen molar-refractivity contribution in [1.82, 2.24) is 20.3 Å². The minimum Gasteiger partial charge on any atom is -0.394 e. The number of aryl methyl sites for hydroxylation is 1. The lowest BCUT2D eigenvalue weighted by Gasteiger charge is -2.26. The summed E-state index contributed by atoms with van der Waals surface area (Å²) in [6.45, 7) is 3.48. The van der Waals surface area contributed by atoms with Gasteiger partial charge in [0.1, 0.15) is 17.3 Å². The molecule has 3 rings (SSSR count). The fourth-order valence-corrected chi connectivity index (χ4v) is 3.17. The van der Waals surface area contributed by atoms with Crippen LogP contribution in [0.2, 0.25) is 0 Å². The molecule has 24 heavy (non-hydrogen) atoms. The second-order valence-electron chi connectivity index (χ2n) is 6.36. The standard InChI is InChI=1S/C16H20N4O4/c1-9-3-4-10-11(7-9)18-14(17-10)16(2)5-6-20(15(16)23)12(8-21)13(22)19-24/h3-4,7,12,21,24H,5-6,8H2,1-2H3,(H,17,18)(H,19,22)/t12-,16?/m1/s1. The van der Waals surface area contributed by atoms with Gasteiger partial charge in [0.25, 0.3) is 5.91 Å². The van der Waals surface area contributed by atoms with Gasteiger partial charge >= 0.3 is 0 Å².